The van der Waals surface area contributed by atoms with Gasteiger partial charge in [0.1, 0.15) is 122 Å². The lowest BCUT2D eigenvalue weighted by molar-refractivity contribution is -0.410. The van der Waals surface area contributed by atoms with Crippen LogP contribution in [0.5, 0.6) is 0 Å². The Balaban J connectivity index is 0.779. The van der Waals surface area contributed by atoms with E-state index in [9.17, 15) is 81.4 Å². The Hall–Kier alpha value is -1.41. The van der Waals surface area contributed by atoms with Crippen molar-refractivity contribution in [3.8, 4) is 0 Å². The number of carbonyl (C=O) groups is 1. The Kier molecular flexibility index (Phi) is 19.3. The van der Waals surface area contributed by atoms with E-state index in [1.54, 1.807) is 0 Å². The third-order valence-electron chi connectivity index (χ3n) is 22.3. The summed E-state index contributed by atoms with van der Waals surface area (Å²) in [5, 5.41) is 164. The fourth-order valence-corrected chi connectivity index (χ4v) is 17.3. The number of Topliss-reactive ketones (excluding diaryl/α,β-unsaturated/α-hetero) is 1. The fourth-order valence-electron chi connectivity index (χ4n) is 17.3. The van der Waals surface area contributed by atoms with Crippen LogP contribution in [0.3, 0.4) is 0 Å². The van der Waals surface area contributed by atoms with Gasteiger partial charge in [-0.15, -0.1) is 0 Å². The van der Waals surface area contributed by atoms with Crippen LogP contribution in [0.25, 0.3) is 0 Å². The fraction of sp³-hybridized carbons (Fsp3) is 0.982. The first-order chi connectivity index (χ1) is 40.3. The van der Waals surface area contributed by atoms with Crippen molar-refractivity contribution in [2.45, 2.75) is 264 Å². The molecule has 0 bridgehead atoms. The highest BCUT2D eigenvalue weighted by atomic mass is 16.8. The second-order valence-electron chi connectivity index (χ2n) is 27.0. The molecule has 7 saturated heterocycles. The van der Waals surface area contributed by atoms with Gasteiger partial charge in [-0.25, -0.2) is 0 Å². The third-order valence-corrected chi connectivity index (χ3v) is 22.3. The van der Waals surface area contributed by atoms with E-state index in [0.717, 1.165) is 38.5 Å². The Bertz CT molecular complexity index is 2260. The van der Waals surface area contributed by atoms with Gasteiger partial charge in [-0.3, -0.25) is 4.79 Å². The molecular weight excluding hydrogens is 1130 g/mol. The maximum absolute atomic E-state index is 14.8. The van der Waals surface area contributed by atoms with Crippen LogP contribution in [0, 0.1) is 52.3 Å². The lowest BCUT2D eigenvalue weighted by Gasteiger charge is -2.60. The minimum absolute atomic E-state index is 0.0374. The van der Waals surface area contributed by atoms with Gasteiger partial charge in [0.25, 0.3) is 0 Å². The highest BCUT2D eigenvalue weighted by Crippen LogP contribution is 2.70. The monoisotopic (exact) mass is 1220 g/mol. The van der Waals surface area contributed by atoms with Gasteiger partial charge < -0.3 is 133 Å². The van der Waals surface area contributed by atoms with Gasteiger partial charge in [0.15, 0.2) is 37.2 Å². The summed E-state index contributed by atoms with van der Waals surface area (Å²) in [4.78, 5) is 14.8. The van der Waals surface area contributed by atoms with Crippen molar-refractivity contribution in [1.82, 2.24) is 0 Å². The number of ether oxygens (including phenoxy) is 12. The highest BCUT2D eigenvalue weighted by Gasteiger charge is 2.72. The molecule has 11 aliphatic rings. The molecule has 1 spiro atoms. The maximum Gasteiger partial charge on any atom is 0.187 e. The molecule has 0 aromatic rings. The summed E-state index contributed by atoms with van der Waals surface area (Å²) in [6, 6.07) is 0. The Morgan fingerprint density at radius 2 is 1.01 bits per heavy atom. The van der Waals surface area contributed by atoms with Crippen LogP contribution in [0.15, 0.2) is 0 Å². The Morgan fingerprint density at radius 1 is 0.494 bits per heavy atom. The number of aliphatic hydroxyl groups excluding tert-OH is 15. The van der Waals surface area contributed by atoms with Crippen LogP contribution >= 0.6 is 0 Å². The summed E-state index contributed by atoms with van der Waals surface area (Å²) in [6.07, 6.45) is -39.3. The smallest absolute Gasteiger partial charge is 0.187 e. The van der Waals surface area contributed by atoms with E-state index in [2.05, 4.69) is 27.7 Å². The van der Waals surface area contributed by atoms with Gasteiger partial charge in [0.05, 0.1) is 51.3 Å². The van der Waals surface area contributed by atoms with Crippen LogP contribution in [0.4, 0.5) is 0 Å². The van der Waals surface area contributed by atoms with Crippen molar-refractivity contribution >= 4 is 5.78 Å². The molecule has 28 nitrogen and oxygen atoms in total. The predicted octanol–water partition coefficient (Wildman–Crippen LogP) is -4.88. The summed E-state index contributed by atoms with van der Waals surface area (Å²) >= 11 is 0. The molecule has 0 aromatic heterocycles. The summed E-state index contributed by atoms with van der Waals surface area (Å²) in [7, 11) is 0. The van der Waals surface area contributed by atoms with Crippen LogP contribution in [-0.4, -0.2) is 287 Å². The molecule has 0 unspecified atom stereocenters. The number of ketones is 1. The first-order valence-electron chi connectivity index (χ1n) is 30.7. The van der Waals surface area contributed by atoms with Gasteiger partial charge in [-0.2, -0.15) is 0 Å². The molecule has 0 radical (unpaired) electrons. The first-order valence-corrected chi connectivity index (χ1v) is 30.7. The molecule has 4 saturated carbocycles. The van der Waals surface area contributed by atoms with E-state index in [-0.39, 0.29) is 41.1 Å². The van der Waals surface area contributed by atoms with Crippen LogP contribution in [-0.2, 0) is 61.6 Å². The van der Waals surface area contributed by atoms with Crippen LogP contribution in [0.1, 0.15) is 92.4 Å². The molecule has 37 atom stereocenters. The average molecular weight is 1230 g/mol. The van der Waals surface area contributed by atoms with Crippen molar-refractivity contribution in [3.05, 3.63) is 0 Å². The lowest BCUT2D eigenvalue weighted by atomic mass is 9.44. The standard InChI is InChI=1S/C57H92O28/c1-20-8-11-57(74-19-20)21(2)34-28(85-57)13-27-25-7-6-23-12-24(9-10-55(23,4)26(25)14-33(62)56(27,34)5)76-51-44(72)40(68)47(32(18-61)79-51)82-54-49(84-52-43(71)39(67)36(64)29(15-58)77-52)48(37(65)30(16-59)78-54)83-53-45(73)41(69)46(31(17-60)80-53)81-50-42(70)38(66)35(63)22(3)75-50/h20-32,34-54,58-61,63-73H,6-19H2,1-5H3/t20-,21+,22+,23+,24+,25-,26+,27+,28+,29-,30-,31-,32-,34+,35+,36-,37-,38-,39+,40-,41-,42-,43-,44-,45-,46-,47+,48+,49-,50+,51-,52+,53+,54+,55+,56-,57-/m1/s1. The minimum Gasteiger partial charge on any atom is -0.394 e. The molecule has 15 N–H and O–H groups in total. The summed E-state index contributed by atoms with van der Waals surface area (Å²) in [5.74, 6) is 1.14. The molecule has 11 fully saturated rings. The third kappa shape index (κ3) is 11.2. The van der Waals surface area contributed by atoms with Gasteiger partial charge in [-0.05, 0) is 86.9 Å². The van der Waals surface area contributed by atoms with E-state index in [1.807, 2.05) is 0 Å². The van der Waals surface area contributed by atoms with E-state index in [4.69, 9.17) is 56.8 Å². The summed E-state index contributed by atoms with van der Waals surface area (Å²) < 4.78 is 73.3. The van der Waals surface area contributed by atoms with Crippen molar-refractivity contribution in [2.75, 3.05) is 33.0 Å². The molecule has 0 aromatic carbocycles. The molecular formula is C57H92O28. The zero-order valence-corrected chi connectivity index (χ0v) is 48.5. The van der Waals surface area contributed by atoms with E-state index in [1.165, 1.54) is 6.92 Å². The molecule has 0 amide bonds. The SMILES string of the molecule is C[C@@H]1CC[C@@]2(OC1)O[C@H]1C[C@H]3[C@@H]4CC[C@H]5C[C@@H](O[C@@H]6O[C@H](CO)[C@H](O[C@@H]7O[C@H](CO)[C@@H](O)[C@H](O[C@@H]8O[C@H](CO)[C@@H](O[C@@H]9O[C@@H](C)[C@H](O)[C@@H](O)[C@H]9O)[C@H](O)[C@H]8O)[C@H]7O[C@@H]7O[C@H](CO)[C@@H](O)[C@H](O)[C@H]7O)[C@H](O)[C@H]6O)CC[C@]5(C)[C@H]4CC(=O)[C@]3(C)[C@H]1[C@@H]2C. The van der Waals surface area contributed by atoms with Crippen LogP contribution < -0.4 is 0 Å². The molecule has 7 heterocycles. The molecule has 4 aliphatic carbocycles. The average Bonchev–Trinajstić information content (AvgIpc) is 1.61. The number of hydrogen-bond donors (Lipinski definition) is 15. The normalized spacial score (nSPS) is 57.2. The summed E-state index contributed by atoms with van der Waals surface area (Å²) in [5.41, 5.74) is -0.698. The first kappa shape index (κ1) is 65.1. The van der Waals surface area contributed by atoms with E-state index in [0.29, 0.717) is 43.5 Å². The number of rotatable bonds is 14. The molecule has 7 aliphatic heterocycles. The number of fused-ring (bicyclic) bond motifs is 7. The second-order valence-corrected chi connectivity index (χ2v) is 27.0. The lowest BCUT2D eigenvalue weighted by Crippen LogP contribution is -2.69. The maximum atomic E-state index is 14.8. The highest BCUT2D eigenvalue weighted by molar-refractivity contribution is 5.87. The van der Waals surface area contributed by atoms with E-state index >= 15 is 0 Å². The number of hydrogen-bond acceptors (Lipinski definition) is 28. The van der Waals surface area contributed by atoms with Crippen molar-refractivity contribution in [2.24, 2.45) is 52.3 Å². The van der Waals surface area contributed by atoms with E-state index < -0.39 is 197 Å². The van der Waals surface area contributed by atoms with Gasteiger partial charge in [-0.1, -0.05) is 27.7 Å². The quantitative estimate of drug-likeness (QED) is 0.0725. The summed E-state index contributed by atoms with van der Waals surface area (Å²) in [6.45, 7) is 7.21. The Labute approximate surface area is 492 Å². The van der Waals surface area contributed by atoms with Crippen LogP contribution in [0.2, 0.25) is 0 Å². The predicted molar refractivity (Wildman–Crippen MR) is 280 cm³/mol. The van der Waals surface area contributed by atoms with Gasteiger partial charge >= 0.3 is 0 Å². The molecule has 85 heavy (non-hydrogen) atoms. The van der Waals surface area contributed by atoms with Crippen molar-refractivity contribution < 1.29 is 138 Å². The zero-order valence-electron chi connectivity index (χ0n) is 48.5. The topological polar surface area (TPSA) is 431 Å². The molecule has 488 valence electrons. The number of carbonyl (C=O) groups excluding carboxylic acids is 1. The molecule has 11 rings (SSSR count). The van der Waals surface area contributed by atoms with Gasteiger partial charge in [0, 0.05) is 30.1 Å². The van der Waals surface area contributed by atoms with Crippen molar-refractivity contribution in [1.29, 1.82) is 0 Å². The molecule has 28 heteroatoms. The minimum atomic E-state index is -2.17. The zero-order chi connectivity index (χ0) is 61.1. The van der Waals surface area contributed by atoms with Gasteiger partial charge in [0.2, 0.25) is 0 Å². The second kappa shape index (κ2) is 25.2. The van der Waals surface area contributed by atoms with Crippen molar-refractivity contribution in [3.63, 3.8) is 0 Å². The largest absolute Gasteiger partial charge is 0.394 e. The number of aliphatic hydroxyl groups is 15. The Morgan fingerprint density at radius 3 is 1.61 bits per heavy atom.